The number of carbonyl (C=O) groups is 3. The number of anilines is 1. The number of hydrogen-bond acceptors (Lipinski definition) is 4. The van der Waals surface area contributed by atoms with Crippen LogP contribution < -0.4 is 10.6 Å². The monoisotopic (exact) mass is 288 g/mol. The van der Waals surface area contributed by atoms with Gasteiger partial charge in [-0.2, -0.15) is 0 Å². The number of benzene rings is 1. The molecule has 0 fully saturated rings. The van der Waals surface area contributed by atoms with Gasteiger partial charge in [0.15, 0.2) is 0 Å². The fourth-order valence-corrected chi connectivity index (χ4v) is 2.26. The van der Waals surface area contributed by atoms with Gasteiger partial charge < -0.3 is 15.4 Å². The Morgan fingerprint density at radius 3 is 2.57 bits per heavy atom. The van der Waals surface area contributed by atoms with E-state index in [9.17, 15) is 14.4 Å². The van der Waals surface area contributed by atoms with E-state index in [1.165, 1.54) is 7.11 Å². The summed E-state index contributed by atoms with van der Waals surface area (Å²) in [6.45, 7) is 1.58. The Balaban J connectivity index is 2.26. The quantitative estimate of drug-likeness (QED) is 0.819. The second kappa shape index (κ2) is 6.21. The van der Waals surface area contributed by atoms with Crippen LogP contribution in [0.15, 0.2) is 41.6 Å². The van der Waals surface area contributed by atoms with E-state index in [1.54, 1.807) is 31.2 Å². The molecule has 0 spiro atoms. The summed E-state index contributed by atoms with van der Waals surface area (Å²) in [7, 11) is 1.24. The average Bonchev–Trinajstić information content (AvgIpc) is 2.46. The van der Waals surface area contributed by atoms with Gasteiger partial charge in [-0.3, -0.25) is 9.59 Å². The third-order valence-electron chi connectivity index (χ3n) is 3.23. The average molecular weight is 288 g/mol. The molecule has 0 aromatic heterocycles. The van der Waals surface area contributed by atoms with Crippen LogP contribution in [-0.2, 0) is 19.1 Å². The lowest BCUT2D eigenvalue weighted by atomic mass is 9.89. The number of nitrogens with one attached hydrogen (secondary N) is 2. The number of ether oxygens (including phenoxy) is 1. The summed E-state index contributed by atoms with van der Waals surface area (Å²) >= 11 is 0. The van der Waals surface area contributed by atoms with Crippen molar-refractivity contribution in [3.8, 4) is 0 Å². The molecule has 6 heteroatoms. The van der Waals surface area contributed by atoms with Crippen LogP contribution in [0.5, 0.6) is 0 Å². The van der Waals surface area contributed by atoms with E-state index in [-0.39, 0.29) is 17.9 Å². The SMILES string of the molecule is COC(=O)C1=C(C)NC(=O)C[C@@H]1C(=O)Nc1ccccc1. The largest absolute Gasteiger partial charge is 0.466 e. The molecule has 0 radical (unpaired) electrons. The minimum Gasteiger partial charge on any atom is -0.466 e. The maximum atomic E-state index is 12.4. The molecule has 0 saturated carbocycles. The Morgan fingerprint density at radius 2 is 1.95 bits per heavy atom. The molecule has 1 aliphatic rings. The van der Waals surface area contributed by atoms with Crippen molar-refractivity contribution in [2.24, 2.45) is 5.92 Å². The van der Waals surface area contributed by atoms with Crippen LogP contribution >= 0.6 is 0 Å². The van der Waals surface area contributed by atoms with Gasteiger partial charge in [0.2, 0.25) is 11.8 Å². The van der Waals surface area contributed by atoms with Crippen molar-refractivity contribution in [2.45, 2.75) is 13.3 Å². The van der Waals surface area contributed by atoms with Crippen molar-refractivity contribution in [3.05, 3.63) is 41.6 Å². The number of hydrogen-bond donors (Lipinski definition) is 2. The number of carbonyl (C=O) groups excluding carboxylic acids is 3. The van der Waals surface area contributed by atoms with E-state index >= 15 is 0 Å². The highest BCUT2D eigenvalue weighted by Crippen LogP contribution is 2.25. The zero-order valence-corrected chi connectivity index (χ0v) is 11.8. The number of esters is 1. The smallest absolute Gasteiger partial charge is 0.336 e. The van der Waals surface area contributed by atoms with Crippen LogP contribution in [0.2, 0.25) is 0 Å². The zero-order valence-electron chi connectivity index (χ0n) is 11.8. The third kappa shape index (κ3) is 3.28. The molecule has 1 atom stereocenters. The van der Waals surface area contributed by atoms with E-state index in [1.807, 2.05) is 6.07 Å². The summed E-state index contributed by atoms with van der Waals surface area (Å²) in [6, 6.07) is 8.86. The Labute approximate surface area is 122 Å². The molecule has 2 amide bonds. The Kier molecular flexibility index (Phi) is 4.37. The molecule has 6 nitrogen and oxygen atoms in total. The molecule has 2 rings (SSSR count). The highest BCUT2D eigenvalue weighted by atomic mass is 16.5. The molecule has 0 aliphatic carbocycles. The molecular formula is C15H16N2O4. The van der Waals surface area contributed by atoms with Crippen molar-refractivity contribution < 1.29 is 19.1 Å². The first kappa shape index (κ1) is 14.8. The minimum absolute atomic E-state index is 0.0829. The van der Waals surface area contributed by atoms with Gasteiger partial charge >= 0.3 is 5.97 Å². The van der Waals surface area contributed by atoms with Crippen LogP contribution in [0.4, 0.5) is 5.69 Å². The lowest BCUT2D eigenvalue weighted by Crippen LogP contribution is -2.40. The number of para-hydroxylation sites is 1. The molecule has 110 valence electrons. The lowest BCUT2D eigenvalue weighted by Gasteiger charge is -2.25. The van der Waals surface area contributed by atoms with E-state index in [0.717, 1.165) is 0 Å². The van der Waals surface area contributed by atoms with Gasteiger partial charge in [0, 0.05) is 17.8 Å². The van der Waals surface area contributed by atoms with Crippen molar-refractivity contribution in [1.29, 1.82) is 0 Å². The first-order chi connectivity index (χ1) is 10.0. The maximum absolute atomic E-state index is 12.4. The molecule has 1 aromatic rings. The molecular weight excluding hydrogens is 272 g/mol. The zero-order chi connectivity index (χ0) is 15.4. The van der Waals surface area contributed by atoms with E-state index < -0.39 is 17.8 Å². The molecule has 1 aliphatic heterocycles. The first-order valence-corrected chi connectivity index (χ1v) is 6.47. The number of amides is 2. The Bertz CT molecular complexity index is 607. The van der Waals surface area contributed by atoms with Crippen LogP contribution in [0.1, 0.15) is 13.3 Å². The van der Waals surface area contributed by atoms with Crippen molar-refractivity contribution in [3.63, 3.8) is 0 Å². The summed E-state index contributed by atoms with van der Waals surface area (Å²) in [6.07, 6.45) is -0.0829. The summed E-state index contributed by atoms with van der Waals surface area (Å²) in [4.78, 5) is 35.8. The molecule has 21 heavy (non-hydrogen) atoms. The van der Waals surface area contributed by atoms with Gasteiger partial charge in [0.05, 0.1) is 18.6 Å². The Morgan fingerprint density at radius 1 is 1.29 bits per heavy atom. The molecule has 1 heterocycles. The highest BCUT2D eigenvalue weighted by Gasteiger charge is 2.36. The predicted octanol–water partition coefficient (Wildman–Crippen LogP) is 1.21. The van der Waals surface area contributed by atoms with Crippen LogP contribution in [0.3, 0.4) is 0 Å². The number of rotatable bonds is 3. The van der Waals surface area contributed by atoms with Gasteiger partial charge in [0.25, 0.3) is 0 Å². The van der Waals surface area contributed by atoms with E-state index in [2.05, 4.69) is 10.6 Å². The van der Waals surface area contributed by atoms with Crippen LogP contribution in [0.25, 0.3) is 0 Å². The van der Waals surface area contributed by atoms with Crippen LogP contribution in [0, 0.1) is 5.92 Å². The number of allylic oxidation sites excluding steroid dienone is 1. The second-order valence-electron chi connectivity index (χ2n) is 4.69. The van der Waals surface area contributed by atoms with Crippen molar-refractivity contribution >= 4 is 23.5 Å². The summed E-state index contributed by atoms with van der Waals surface area (Å²) in [5.74, 6) is -2.17. The highest BCUT2D eigenvalue weighted by molar-refractivity contribution is 6.06. The van der Waals surface area contributed by atoms with Gasteiger partial charge in [-0.1, -0.05) is 18.2 Å². The fourth-order valence-electron chi connectivity index (χ4n) is 2.26. The first-order valence-electron chi connectivity index (χ1n) is 6.47. The molecule has 1 aromatic carbocycles. The van der Waals surface area contributed by atoms with Gasteiger partial charge in [0.1, 0.15) is 0 Å². The summed E-state index contributed by atoms with van der Waals surface area (Å²) in [5, 5.41) is 5.25. The second-order valence-corrected chi connectivity index (χ2v) is 4.69. The summed E-state index contributed by atoms with van der Waals surface area (Å²) < 4.78 is 4.70. The van der Waals surface area contributed by atoms with E-state index in [4.69, 9.17) is 4.74 Å². The standard InChI is InChI=1S/C15H16N2O4/c1-9-13(15(20)21-2)11(8-12(18)16-9)14(19)17-10-6-4-3-5-7-10/h3-7,11H,8H2,1-2H3,(H,16,18)(H,17,19)/t11-/m0/s1. The predicted molar refractivity (Wildman–Crippen MR) is 76.0 cm³/mol. The minimum atomic E-state index is -0.855. The topological polar surface area (TPSA) is 84.5 Å². The van der Waals surface area contributed by atoms with Gasteiger partial charge in [-0.15, -0.1) is 0 Å². The molecule has 0 saturated heterocycles. The third-order valence-corrected chi connectivity index (χ3v) is 3.23. The fraction of sp³-hybridized carbons (Fsp3) is 0.267. The van der Waals surface area contributed by atoms with Crippen molar-refractivity contribution in [2.75, 3.05) is 12.4 Å². The Hall–Kier alpha value is -2.63. The van der Waals surface area contributed by atoms with Gasteiger partial charge in [-0.05, 0) is 19.1 Å². The lowest BCUT2D eigenvalue weighted by molar-refractivity contribution is -0.139. The maximum Gasteiger partial charge on any atom is 0.336 e. The van der Waals surface area contributed by atoms with E-state index in [0.29, 0.717) is 11.4 Å². The van der Waals surface area contributed by atoms with Gasteiger partial charge in [-0.25, -0.2) is 4.79 Å². The molecule has 0 bridgehead atoms. The molecule has 0 unspecified atom stereocenters. The normalized spacial score (nSPS) is 18.0. The summed E-state index contributed by atoms with van der Waals surface area (Å²) in [5.41, 5.74) is 1.15. The van der Waals surface area contributed by atoms with Crippen LogP contribution in [-0.4, -0.2) is 24.9 Å². The number of methoxy groups -OCH3 is 1. The molecule has 2 N–H and O–H groups in total. The van der Waals surface area contributed by atoms with Crippen molar-refractivity contribution in [1.82, 2.24) is 5.32 Å².